The molecule has 5 heteroatoms. The Bertz CT molecular complexity index is 542. The number of likely N-dealkylation sites (tertiary alicyclic amines) is 1. The van der Waals surface area contributed by atoms with Crippen LogP contribution in [0.3, 0.4) is 0 Å². The molecular formula is C16H22N2O2S. The third-order valence-corrected chi connectivity index (χ3v) is 4.67. The van der Waals surface area contributed by atoms with Crippen LogP contribution in [-0.4, -0.2) is 60.6 Å². The van der Waals surface area contributed by atoms with Gasteiger partial charge in [-0.1, -0.05) is 11.8 Å². The molecule has 4 nitrogen and oxygen atoms in total. The van der Waals surface area contributed by atoms with E-state index in [0.717, 1.165) is 35.7 Å². The predicted molar refractivity (Wildman–Crippen MR) is 85.5 cm³/mol. The Morgan fingerprint density at radius 3 is 3.05 bits per heavy atom. The van der Waals surface area contributed by atoms with Gasteiger partial charge in [0.2, 0.25) is 0 Å². The molecule has 0 radical (unpaired) electrons. The van der Waals surface area contributed by atoms with Crippen LogP contribution in [0.1, 0.15) is 33.8 Å². The van der Waals surface area contributed by atoms with Gasteiger partial charge in [0.15, 0.2) is 0 Å². The molecule has 1 aromatic rings. The Hall–Kier alpha value is -1.35. The van der Waals surface area contributed by atoms with Crippen LogP contribution in [0.25, 0.3) is 0 Å². The Labute approximate surface area is 130 Å². The van der Waals surface area contributed by atoms with Gasteiger partial charge in [0.1, 0.15) is 0 Å². The molecule has 1 aromatic heterocycles. The maximum absolute atomic E-state index is 12.5. The van der Waals surface area contributed by atoms with Crippen molar-refractivity contribution in [1.29, 1.82) is 0 Å². The van der Waals surface area contributed by atoms with Gasteiger partial charge in [0.25, 0.3) is 5.91 Å². The molecule has 1 atom stereocenters. The molecule has 1 unspecified atom stereocenters. The van der Waals surface area contributed by atoms with E-state index in [0.29, 0.717) is 12.5 Å². The van der Waals surface area contributed by atoms with E-state index in [9.17, 15) is 4.79 Å². The first kappa shape index (κ1) is 16.0. The summed E-state index contributed by atoms with van der Waals surface area (Å²) in [6.07, 6.45) is 2.68. The lowest BCUT2D eigenvalue weighted by atomic mass is 10.0. The number of hydrogen-bond donors (Lipinski definition) is 1. The smallest absolute Gasteiger partial charge is 0.264 e. The highest BCUT2D eigenvalue weighted by molar-refractivity contribution is 7.14. The van der Waals surface area contributed by atoms with Crippen molar-refractivity contribution in [2.24, 2.45) is 0 Å². The van der Waals surface area contributed by atoms with E-state index >= 15 is 0 Å². The summed E-state index contributed by atoms with van der Waals surface area (Å²) in [6, 6.07) is 4.19. The summed E-state index contributed by atoms with van der Waals surface area (Å²) >= 11 is 1.43. The average Bonchev–Trinajstić information content (AvgIpc) is 2.96. The number of likely N-dealkylation sites (N-methyl/N-ethyl adjacent to an activating group) is 1. The number of aliphatic hydroxyl groups is 1. The molecule has 0 saturated carbocycles. The highest BCUT2D eigenvalue weighted by Gasteiger charge is 2.26. The number of piperidine rings is 1. The third kappa shape index (κ3) is 4.31. The SMILES string of the molecule is CN(C)C1CCCN(C(=O)c2ccc(C#CCCO)s2)C1. The van der Waals surface area contributed by atoms with Crippen LogP contribution in [0.5, 0.6) is 0 Å². The fourth-order valence-electron chi connectivity index (χ4n) is 2.44. The molecule has 1 aliphatic rings. The fourth-order valence-corrected chi connectivity index (χ4v) is 3.29. The second kappa shape index (κ2) is 7.60. The zero-order valence-corrected chi connectivity index (χ0v) is 13.4. The summed E-state index contributed by atoms with van der Waals surface area (Å²) in [5.41, 5.74) is 0. The Morgan fingerprint density at radius 2 is 2.33 bits per heavy atom. The summed E-state index contributed by atoms with van der Waals surface area (Å²) in [5, 5.41) is 8.71. The van der Waals surface area contributed by atoms with E-state index in [4.69, 9.17) is 5.11 Å². The number of carbonyl (C=O) groups excluding carboxylic acids is 1. The summed E-state index contributed by atoms with van der Waals surface area (Å²) < 4.78 is 0. The predicted octanol–water partition coefficient (Wildman–Crippen LogP) is 1.65. The number of hydrogen-bond acceptors (Lipinski definition) is 4. The maximum atomic E-state index is 12.5. The number of aliphatic hydroxyl groups excluding tert-OH is 1. The minimum atomic E-state index is 0.0733. The van der Waals surface area contributed by atoms with Gasteiger partial charge in [-0.05, 0) is 39.1 Å². The lowest BCUT2D eigenvalue weighted by molar-refractivity contribution is 0.0640. The van der Waals surface area contributed by atoms with Crippen LogP contribution < -0.4 is 0 Å². The summed E-state index contributed by atoms with van der Waals surface area (Å²) in [4.78, 5) is 18.3. The molecule has 21 heavy (non-hydrogen) atoms. The van der Waals surface area contributed by atoms with Crippen LogP contribution >= 0.6 is 11.3 Å². The molecule has 2 rings (SSSR count). The van der Waals surface area contributed by atoms with Crippen molar-refractivity contribution < 1.29 is 9.90 Å². The van der Waals surface area contributed by atoms with Gasteiger partial charge < -0.3 is 14.9 Å². The first-order chi connectivity index (χ1) is 10.1. The largest absolute Gasteiger partial charge is 0.395 e. The third-order valence-electron chi connectivity index (χ3n) is 3.68. The molecule has 0 aliphatic carbocycles. The lowest BCUT2D eigenvalue weighted by Crippen LogP contribution is -2.47. The molecule has 0 spiro atoms. The van der Waals surface area contributed by atoms with E-state index < -0.39 is 0 Å². The maximum Gasteiger partial charge on any atom is 0.264 e. The highest BCUT2D eigenvalue weighted by atomic mass is 32.1. The normalized spacial score (nSPS) is 18.5. The van der Waals surface area contributed by atoms with E-state index in [1.54, 1.807) is 0 Å². The molecule has 2 heterocycles. The minimum absolute atomic E-state index is 0.0733. The Balaban J connectivity index is 2.01. The number of rotatable bonds is 3. The molecule has 1 fully saturated rings. The fraction of sp³-hybridized carbons (Fsp3) is 0.562. The number of thiophene rings is 1. The Morgan fingerprint density at radius 1 is 1.52 bits per heavy atom. The van der Waals surface area contributed by atoms with E-state index in [2.05, 4.69) is 30.8 Å². The van der Waals surface area contributed by atoms with Gasteiger partial charge in [-0.2, -0.15) is 0 Å². The second-order valence-corrected chi connectivity index (χ2v) is 6.53. The van der Waals surface area contributed by atoms with Crippen molar-refractivity contribution in [3.05, 3.63) is 21.9 Å². The monoisotopic (exact) mass is 306 g/mol. The summed E-state index contributed by atoms with van der Waals surface area (Å²) in [6.45, 7) is 1.71. The van der Waals surface area contributed by atoms with Crippen molar-refractivity contribution in [3.8, 4) is 11.8 Å². The van der Waals surface area contributed by atoms with Gasteiger partial charge in [-0.15, -0.1) is 11.3 Å². The number of nitrogens with zero attached hydrogens (tertiary/aromatic N) is 2. The van der Waals surface area contributed by atoms with Crippen molar-refractivity contribution in [2.75, 3.05) is 33.8 Å². The van der Waals surface area contributed by atoms with E-state index in [1.165, 1.54) is 11.3 Å². The number of carbonyl (C=O) groups is 1. The second-order valence-electron chi connectivity index (χ2n) is 5.45. The molecule has 1 aliphatic heterocycles. The van der Waals surface area contributed by atoms with Crippen LogP contribution in [-0.2, 0) is 0 Å². The molecule has 1 amide bonds. The van der Waals surface area contributed by atoms with Gasteiger partial charge in [-0.25, -0.2) is 0 Å². The first-order valence-electron chi connectivity index (χ1n) is 7.27. The van der Waals surface area contributed by atoms with Crippen LogP contribution in [0.2, 0.25) is 0 Å². The van der Waals surface area contributed by atoms with Crippen molar-refractivity contribution in [3.63, 3.8) is 0 Å². The molecule has 1 N–H and O–H groups in total. The van der Waals surface area contributed by atoms with Gasteiger partial charge in [0, 0.05) is 25.6 Å². The quantitative estimate of drug-likeness (QED) is 0.864. The minimum Gasteiger partial charge on any atom is -0.395 e. The van der Waals surface area contributed by atoms with Gasteiger partial charge in [0.05, 0.1) is 16.4 Å². The van der Waals surface area contributed by atoms with Crippen LogP contribution in [0.4, 0.5) is 0 Å². The van der Waals surface area contributed by atoms with Crippen molar-refractivity contribution >= 4 is 17.2 Å². The van der Waals surface area contributed by atoms with Gasteiger partial charge in [-0.3, -0.25) is 4.79 Å². The molecule has 114 valence electrons. The standard InChI is InChI=1S/C16H22N2O2S/c1-17(2)13-6-5-10-18(12-13)16(20)15-9-8-14(21-15)7-3-4-11-19/h8-9,13,19H,4-6,10-12H2,1-2H3. The van der Waals surface area contributed by atoms with Gasteiger partial charge >= 0.3 is 0 Å². The summed E-state index contributed by atoms with van der Waals surface area (Å²) in [7, 11) is 4.14. The van der Waals surface area contributed by atoms with Crippen LogP contribution in [0, 0.1) is 11.8 Å². The topological polar surface area (TPSA) is 43.8 Å². The summed E-state index contributed by atoms with van der Waals surface area (Å²) in [5.74, 6) is 5.98. The lowest BCUT2D eigenvalue weighted by Gasteiger charge is -2.35. The zero-order valence-electron chi connectivity index (χ0n) is 12.6. The average molecular weight is 306 g/mol. The Kier molecular flexibility index (Phi) is 5.80. The van der Waals surface area contributed by atoms with E-state index in [1.807, 2.05) is 17.0 Å². The molecule has 0 aromatic carbocycles. The number of amides is 1. The molecule has 0 bridgehead atoms. The van der Waals surface area contributed by atoms with Crippen molar-refractivity contribution in [2.45, 2.75) is 25.3 Å². The van der Waals surface area contributed by atoms with E-state index in [-0.39, 0.29) is 12.5 Å². The molecular weight excluding hydrogens is 284 g/mol. The molecule has 1 saturated heterocycles. The van der Waals surface area contributed by atoms with Crippen molar-refractivity contribution in [1.82, 2.24) is 9.80 Å². The highest BCUT2D eigenvalue weighted by Crippen LogP contribution is 2.21. The zero-order chi connectivity index (χ0) is 15.2. The van der Waals surface area contributed by atoms with Crippen LogP contribution in [0.15, 0.2) is 12.1 Å². The first-order valence-corrected chi connectivity index (χ1v) is 8.08.